The van der Waals surface area contributed by atoms with Crippen molar-refractivity contribution in [3.63, 3.8) is 0 Å². The van der Waals surface area contributed by atoms with Crippen molar-refractivity contribution in [3.8, 4) is 11.5 Å². The third-order valence-corrected chi connectivity index (χ3v) is 4.39. The average molecular weight is 322 g/mol. The highest BCUT2D eigenvalue weighted by Gasteiger charge is 2.38. The van der Waals surface area contributed by atoms with Crippen LogP contribution in [0.4, 0.5) is 0 Å². The summed E-state index contributed by atoms with van der Waals surface area (Å²) in [6.07, 6.45) is 0. The minimum Gasteiger partial charge on any atom is -0.493 e. The number of likely N-dealkylation sites (tertiary alicyclic amines) is 1. The molecule has 1 aliphatic rings. The zero-order valence-corrected chi connectivity index (χ0v) is 14.3. The van der Waals surface area contributed by atoms with Gasteiger partial charge in [0.05, 0.1) is 20.1 Å². The minimum absolute atomic E-state index is 0.0238. The Morgan fingerprint density at radius 2 is 2.04 bits per heavy atom. The summed E-state index contributed by atoms with van der Waals surface area (Å²) in [5.74, 6) is 1.30. The molecule has 0 aromatic heterocycles. The number of hydrogen-bond donors (Lipinski definition) is 1. The van der Waals surface area contributed by atoms with Gasteiger partial charge in [-0.1, -0.05) is 12.1 Å². The summed E-state index contributed by atoms with van der Waals surface area (Å²) in [7, 11) is 6.75. The van der Waals surface area contributed by atoms with Crippen molar-refractivity contribution in [2.75, 3.05) is 48.0 Å². The lowest BCUT2D eigenvalue weighted by Crippen LogP contribution is -2.35. The number of para-hydroxylation sites is 1. The molecular formula is C17H26N2O4. The molecule has 6 nitrogen and oxygen atoms in total. The first kappa shape index (κ1) is 17.6. The van der Waals surface area contributed by atoms with Crippen LogP contribution in [0, 0.1) is 11.8 Å². The number of hydrogen-bond acceptors (Lipinski definition) is 5. The monoisotopic (exact) mass is 322 g/mol. The fraction of sp³-hybridized carbons (Fsp3) is 0.588. The van der Waals surface area contributed by atoms with E-state index in [1.807, 2.05) is 18.2 Å². The van der Waals surface area contributed by atoms with Crippen LogP contribution in [0.2, 0.25) is 0 Å². The van der Waals surface area contributed by atoms with Gasteiger partial charge in [0.25, 0.3) is 0 Å². The highest BCUT2D eigenvalue weighted by atomic mass is 16.5. The molecule has 0 spiro atoms. The van der Waals surface area contributed by atoms with Crippen molar-refractivity contribution in [2.45, 2.75) is 6.54 Å². The van der Waals surface area contributed by atoms with E-state index in [9.17, 15) is 9.90 Å². The molecule has 1 heterocycles. The Labute approximate surface area is 137 Å². The summed E-state index contributed by atoms with van der Waals surface area (Å²) in [4.78, 5) is 16.1. The van der Waals surface area contributed by atoms with Crippen LogP contribution in [0.1, 0.15) is 5.56 Å². The average Bonchev–Trinajstić information content (AvgIpc) is 2.96. The van der Waals surface area contributed by atoms with Gasteiger partial charge in [0.1, 0.15) is 0 Å². The first-order chi connectivity index (χ1) is 11.0. The van der Waals surface area contributed by atoms with Crippen molar-refractivity contribution in [2.24, 2.45) is 11.8 Å². The van der Waals surface area contributed by atoms with Gasteiger partial charge in [-0.3, -0.25) is 9.69 Å². The van der Waals surface area contributed by atoms with E-state index < -0.39 is 0 Å². The molecule has 6 heteroatoms. The van der Waals surface area contributed by atoms with Crippen molar-refractivity contribution < 1.29 is 19.4 Å². The van der Waals surface area contributed by atoms with E-state index in [4.69, 9.17) is 9.47 Å². The van der Waals surface area contributed by atoms with E-state index in [0.29, 0.717) is 25.4 Å². The molecule has 1 aromatic rings. The van der Waals surface area contributed by atoms with E-state index in [0.717, 1.165) is 11.3 Å². The molecule has 0 radical (unpaired) electrons. The van der Waals surface area contributed by atoms with Gasteiger partial charge >= 0.3 is 0 Å². The number of carbonyl (C=O) groups excluding carboxylic acids is 1. The van der Waals surface area contributed by atoms with Crippen molar-refractivity contribution in [1.82, 2.24) is 9.80 Å². The summed E-state index contributed by atoms with van der Waals surface area (Å²) < 4.78 is 10.8. The number of carbonyl (C=O) groups is 1. The Balaban J connectivity index is 2.14. The summed E-state index contributed by atoms with van der Waals surface area (Å²) in [5.41, 5.74) is 1.02. The smallest absolute Gasteiger partial charge is 0.226 e. The molecule has 1 amide bonds. The SMILES string of the molecule is COc1cccc(CN2C[C@@H](CO)[C@H](C(=O)N(C)C)C2)c1OC. The number of nitrogens with zero attached hydrogens (tertiary/aromatic N) is 2. The number of amides is 1. The molecule has 0 bridgehead atoms. The van der Waals surface area contributed by atoms with E-state index in [1.54, 1.807) is 33.2 Å². The standard InChI is InChI=1S/C17H26N2O4/c1-18(2)17(21)14-10-19(9-13(14)11-20)8-12-6-5-7-15(22-3)16(12)23-4/h5-7,13-14,20H,8-11H2,1-4H3/t13-,14+/m0/s1. The van der Waals surface area contributed by atoms with E-state index in [1.165, 1.54) is 0 Å². The molecule has 1 saturated heterocycles. The van der Waals surface area contributed by atoms with Crippen LogP contribution in [-0.2, 0) is 11.3 Å². The van der Waals surface area contributed by atoms with Crippen LogP contribution in [0.5, 0.6) is 11.5 Å². The quantitative estimate of drug-likeness (QED) is 0.841. The Bertz CT molecular complexity index is 547. The van der Waals surface area contributed by atoms with Gasteiger partial charge in [0.15, 0.2) is 11.5 Å². The van der Waals surface area contributed by atoms with Gasteiger partial charge in [0.2, 0.25) is 5.91 Å². The molecule has 1 aliphatic heterocycles. The molecule has 128 valence electrons. The number of methoxy groups -OCH3 is 2. The summed E-state index contributed by atoms with van der Waals surface area (Å²) in [5, 5.41) is 9.59. The Morgan fingerprint density at radius 1 is 1.30 bits per heavy atom. The van der Waals surface area contributed by atoms with Gasteiger partial charge in [-0.2, -0.15) is 0 Å². The predicted molar refractivity (Wildman–Crippen MR) is 87.6 cm³/mol. The second kappa shape index (κ2) is 7.66. The summed E-state index contributed by atoms with van der Waals surface area (Å²) >= 11 is 0. The minimum atomic E-state index is -0.161. The molecule has 0 saturated carbocycles. The summed E-state index contributed by atoms with van der Waals surface area (Å²) in [6.45, 7) is 2.02. The fourth-order valence-electron chi connectivity index (χ4n) is 3.21. The lowest BCUT2D eigenvalue weighted by Gasteiger charge is -2.20. The Morgan fingerprint density at radius 3 is 2.61 bits per heavy atom. The van der Waals surface area contributed by atoms with Crippen molar-refractivity contribution in [1.29, 1.82) is 0 Å². The lowest BCUT2D eigenvalue weighted by molar-refractivity contribution is -0.134. The van der Waals surface area contributed by atoms with Gasteiger partial charge in [0, 0.05) is 51.8 Å². The number of aliphatic hydroxyl groups is 1. The van der Waals surface area contributed by atoms with Crippen LogP contribution < -0.4 is 9.47 Å². The number of ether oxygens (including phenoxy) is 2. The lowest BCUT2D eigenvalue weighted by atomic mass is 9.96. The molecule has 23 heavy (non-hydrogen) atoms. The Kier molecular flexibility index (Phi) is 5.85. The molecular weight excluding hydrogens is 296 g/mol. The van der Waals surface area contributed by atoms with Gasteiger partial charge in [-0.15, -0.1) is 0 Å². The van der Waals surface area contributed by atoms with Gasteiger partial charge in [-0.25, -0.2) is 0 Å². The van der Waals surface area contributed by atoms with Gasteiger partial charge in [-0.05, 0) is 6.07 Å². The molecule has 1 aromatic carbocycles. The molecule has 2 rings (SSSR count). The maximum atomic E-state index is 12.3. The third-order valence-electron chi connectivity index (χ3n) is 4.39. The van der Waals surface area contributed by atoms with E-state index in [2.05, 4.69) is 4.90 Å². The second-order valence-corrected chi connectivity index (χ2v) is 6.13. The van der Waals surface area contributed by atoms with E-state index in [-0.39, 0.29) is 24.3 Å². The maximum absolute atomic E-state index is 12.3. The fourth-order valence-corrected chi connectivity index (χ4v) is 3.21. The molecule has 2 atom stereocenters. The van der Waals surface area contributed by atoms with Crippen LogP contribution in [0.15, 0.2) is 18.2 Å². The maximum Gasteiger partial charge on any atom is 0.226 e. The molecule has 1 fully saturated rings. The molecule has 1 N–H and O–H groups in total. The molecule has 0 unspecified atom stereocenters. The first-order valence-electron chi connectivity index (χ1n) is 7.76. The van der Waals surface area contributed by atoms with Crippen LogP contribution in [-0.4, -0.2) is 68.8 Å². The second-order valence-electron chi connectivity index (χ2n) is 6.13. The molecule has 0 aliphatic carbocycles. The zero-order valence-electron chi connectivity index (χ0n) is 14.3. The normalized spacial score (nSPS) is 21.3. The third kappa shape index (κ3) is 3.76. The van der Waals surface area contributed by atoms with Crippen LogP contribution in [0.3, 0.4) is 0 Å². The predicted octanol–water partition coefficient (Wildman–Crippen LogP) is 0.832. The van der Waals surface area contributed by atoms with Crippen molar-refractivity contribution in [3.05, 3.63) is 23.8 Å². The van der Waals surface area contributed by atoms with Crippen molar-refractivity contribution >= 4 is 5.91 Å². The highest BCUT2D eigenvalue weighted by molar-refractivity contribution is 5.79. The number of aliphatic hydroxyl groups excluding tert-OH is 1. The zero-order chi connectivity index (χ0) is 17.0. The largest absolute Gasteiger partial charge is 0.493 e. The van der Waals surface area contributed by atoms with E-state index >= 15 is 0 Å². The van der Waals surface area contributed by atoms with Crippen LogP contribution >= 0.6 is 0 Å². The number of rotatable bonds is 6. The highest BCUT2D eigenvalue weighted by Crippen LogP contribution is 2.33. The van der Waals surface area contributed by atoms with Crippen LogP contribution in [0.25, 0.3) is 0 Å². The first-order valence-corrected chi connectivity index (χ1v) is 7.76. The summed E-state index contributed by atoms with van der Waals surface area (Å²) in [6, 6.07) is 5.79. The van der Waals surface area contributed by atoms with Gasteiger partial charge < -0.3 is 19.5 Å². The number of benzene rings is 1. The topological polar surface area (TPSA) is 62.2 Å². The Hall–Kier alpha value is -1.79.